The van der Waals surface area contributed by atoms with Gasteiger partial charge in [0.15, 0.2) is 0 Å². The topological polar surface area (TPSA) is 26.3 Å². The second-order valence-electron chi connectivity index (χ2n) is 2.68. The van der Waals surface area contributed by atoms with Crippen LogP contribution in [0.5, 0.6) is 0 Å². The average Bonchev–Trinajstić information content (AvgIpc) is 2.72. The molecule has 2 nitrogen and oxygen atoms in total. The predicted octanol–water partition coefficient (Wildman–Crippen LogP) is 3.12. The van der Waals surface area contributed by atoms with Gasteiger partial charge in [-0.25, -0.2) is 0 Å². The molecule has 0 N–H and O–H groups in total. The number of carbonyl (C=O) groups is 1. The van der Waals surface area contributed by atoms with Crippen LogP contribution in [0.3, 0.4) is 0 Å². The summed E-state index contributed by atoms with van der Waals surface area (Å²) in [7, 11) is 5.40. The van der Waals surface area contributed by atoms with Crippen molar-refractivity contribution in [1.29, 1.82) is 0 Å². The van der Waals surface area contributed by atoms with Gasteiger partial charge in [0, 0.05) is 17.9 Å². The Morgan fingerprint density at radius 2 is 2.00 bits per heavy atom. The van der Waals surface area contributed by atoms with Crippen molar-refractivity contribution in [3.63, 3.8) is 0 Å². The highest BCUT2D eigenvalue weighted by molar-refractivity contribution is 8.77. The summed E-state index contributed by atoms with van der Waals surface area (Å²) in [6, 6.07) is 0. The van der Waals surface area contributed by atoms with Crippen molar-refractivity contribution in [1.82, 2.24) is 0 Å². The minimum Gasteiger partial charge on any atom is -0.469 e. The fourth-order valence-corrected chi connectivity index (χ4v) is 3.07. The molecular weight excluding hydrogens is 204 g/mol. The fourth-order valence-electron chi connectivity index (χ4n) is 0.718. The minimum atomic E-state index is -0.105. The summed E-state index contributed by atoms with van der Waals surface area (Å²) < 4.78 is 4.41. The molecular formula is C9H18O2S2. The summed E-state index contributed by atoms with van der Waals surface area (Å²) in [6.07, 6.45) is 3.98. The molecule has 1 aliphatic heterocycles. The average molecular weight is 222 g/mol. The molecule has 0 radical (unpaired) electrons. The summed E-state index contributed by atoms with van der Waals surface area (Å²) in [5, 5.41) is 0. The van der Waals surface area contributed by atoms with Crippen LogP contribution in [0.25, 0.3) is 0 Å². The third kappa shape index (κ3) is 10.1. The summed E-state index contributed by atoms with van der Waals surface area (Å²) in [5.41, 5.74) is 0. The Morgan fingerprint density at radius 3 is 2.31 bits per heavy atom. The molecule has 0 aromatic heterocycles. The first kappa shape index (κ1) is 13.2. The van der Waals surface area contributed by atoms with Gasteiger partial charge in [0.1, 0.15) is 0 Å². The van der Waals surface area contributed by atoms with Crippen molar-refractivity contribution in [2.24, 2.45) is 0 Å². The van der Waals surface area contributed by atoms with E-state index < -0.39 is 0 Å². The number of rotatable bonds is 3. The third-order valence-electron chi connectivity index (χ3n) is 1.50. The van der Waals surface area contributed by atoms with E-state index in [1.807, 2.05) is 28.5 Å². The quantitative estimate of drug-likeness (QED) is 0.541. The molecule has 0 amide bonds. The van der Waals surface area contributed by atoms with Crippen LogP contribution >= 0.6 is 21.6 Å². The number of esters is 1. The Kier molecular flexibility index (Phi) is 10.4. The second-order valence-corrected chi connectivity index (χ2v) is 5.38. The van der Waals surface area contributed by atoms with E-state index in [2.05, 4.69) is 4.74 Å². The standard InChI is InChI=1S/C6H12O2.C3H6S2/c1-3-4-5-6(7)8-2;1-2-4-5-3-1/h3-5H2,1-2H3;1-3H2. The van der Waals surface area contributed by atoms with Crippen LogP contribution in [-0.4, -0.2) is 24.6 Å². The van der Waals surface area contributed by atoms with Gasteiger partial charge in [0.05, 0.1) is 7.11 Å². The molecule has 78 valence electrons. The van der Waals surface area contributed by atoms with Crippen molar-refractivity contribution in [2.75, 3.05) is 18.6 Å². The summed E-state index contributed by atoms with van der Waals surface area (Å²) >= 11 is 0. The Labute approximate surface area is 88.6 Å². The number of unbranched alkanes of at least 4 members (excludes halogenated alkanes) is 1. The van der Waals surface area contributed by atoms with Crippen LogP contribution in [0.1, 0.15) is 32.6 Å². The number of ether oxygens (including phenoxy) is 1. The first-order valence-corrected chi connectivity index (χ1v) is 7.11. The van der Waals surface area contributed by atoms with Gasteiger partial charge in [-0.15, -0.1) is 0 Å². The third-order valence-corrected chi connectivity index (χ3v) is 4.08. The van der Waals surface area contributed by atoms with Crippen molar-refractivity contribution in [3.8, 4) is 0 Å². The molecule has 0 aliphatic carbocycles. The molecule has 1 rings (SSSR count). The normalized spacial score (nSPS) is 14.6. The van der Waals surface area contributed by atoms with E-state index in [0.717, 1.165) is 12.8 Å². The maximum atomic E-state index is 10.3. The smallest absolute Gasteiger partial charge is 0.305 e. The molecule has 1 saturated heterocycles. The molecule has 13 heavy (non-hydrogen) atoms. The molecule has 0 atom stereocenters. The molecule has 1 fully saturated rings. The van der Waals surface area contributed by atoms with Gasteiger partial charge in [-0.05, 0) is 12.8 Å². The van der Waals surface area contributed by atoms with Crippen LogP contribution in [0.4, 0.5) is 0 Å². The Bertz CT molecular complexity index is 117. The lowest BCUT2D eigenvalue weighted by Gasteiger charge is -1.93. The van der Waals surface area contributed by atoms with E-state index in [0.29, 0.717) is 6.42 Å². The molecule has 0 bridgehead atoms. The number of methoxy groups -OCH3 is 1. The van der Waals surface area contributed by atoms with Crippen LogP contribution in [-0.2, 0) is 9.53 Å². The maximum absolute atomic E-state index is 10.3. The fraction of sp³-hybridized carbons (Fsp3) is 0.889. The van der Waals surface area contributed by atoms with Gasteiger partial charge in [-0.2, -0.15) is 0 Å². The van der Waals surface area contributed by atoms with Gasteiger partial charge >= 0.3 is 5.97 Å². The van der Waals surface area contributed by atoms with Crippen molar-refractivity contribution >= 4 is 27.6 Å². The lowest BCUT2D eigenvalue weighted by atomic mass is 10.3. The van der Waals surface area contributed by atoms with Gasteiger partial charge in [-0.1, -0.05) is 34.9 Å². The first-order chi connectivity index (χ1) is 6.31. The van der Waals surface area contributed by atoms with Crippen LogP contribution < -0.4 is 0 Å². The largest absolute Gasteiger partial charge is 0.469 e. The summed E-state index contributed by atoms with van der Waals surface area (Å²) in [5.74, 6) is 2.65. The number of carbonyl (C=O) groups excluding carboxylic acids is 1. The minimum absolute atomic E-state index is 0.105. The van der Waals surface area contributed by atoms with E-state index in [1.165, 1.54) is 25.0 Å². The zero-order chi connectivity index (χ0) is 9.94. The lowest BCUT2D eigenvalue weighted by Crippen LogP contribution is -1.98. The lowest BCUT2D eigenvalue weighted by molar-refractivity contribution is -0.140. The SMILES string of the molecule is C1CSSC1.CCCCC(=O)OC. The van der Waals surface area contributed by atoms with Gasteiger partial charge in [0.25, 0.3) is 0 Å². The monoisotopic (exact) mass is 222 g/mol. The Hall–Kier alpha value is 0.170. The molecule has 1 heterocycles. The predicted molar refractivity (Wildman–Crippen MR) is 61.1 cm³/mol. The van der Waals surface area contributed by atoms with Crippen LogP contribution in [0.15, 0.2) is 0 Å². The second kappa shape index (κ2) is 10.3. The zero-order valence-electron chi connectivity index (χ0n) is 8.38. The van der Waals surface area contributed by atoms with Gasteiger partial charge in [0.2, 0.25) is 0 Å². The molecule has 0 spiro atoms. The van der Waals surface area contributed by atoms with Gasteiger partial charge < -0.3 is 4.74 Å². The number of hydrogen-bond acceptors (Lipinski definition) is 4. The van der Waals surface area contributed by atoms with E-state index in [1.54, 1.807) is 0 Å². The Balaban J connectivity index is 0.000000243. The van der Waals surface area contributed by atoms with Gasteiger partial charge in [-0.3, -0.25) is 4.79 Å². The first-order valence-electron chi connectivity index (χ1n) is 4.62. The molecule has 0 aromatic rings. The van der Waals surface area contributed by atoms with E-state index >= 15 is 0 Å². The molecule has 4 heteroatoms. The Morgan fingerprint density at radius 1 is 1.38 bits per heavy atom. The molecule has 0 aromatic carbocycles. The van der Waals surface area contributed by atoms with E-state index in [-0.39, 0.29) is 5.97 Å². The molecule has 0 unspecified atom stereocenters. The summed E-state index contributed by atoms with van der Waals surface area (Å²) in [6.45, 7) is 2.04. The van der Waals surface area contributed by atoms with Crippen LogP contribution in [0, 0.1) is 0 Å². The van der Waals surface area contributed by atoms with E-state index in [9.17, 15) is 4.79 Å². The van der Waals surface area contributed by atoms with Crippen molar-refractivity contribution in [3.05, 3.63) is 0 Å². The summed E-state index contributed by atoms with van der Waals surface area (Å²) in [4.78, 5) is 10.3. The maximum Gasteiger partial charge on any atom is 0.305 e. The zero-order valence-corrected chi connectivity index (χ0v) is 10.0. The number of hydrogen-bond donors (Lipinski definition) is 0. The van der Waals surface area contributed by atoms with Crippen molar-refractivity contribution < 1.29 is 9.53 Å². The highest BCUT2D eigenvalue weighted by Gasteiger charge is 1.96. The highest BCUT2D eigenvalue weighted by atomic mass is 33.1. The molecule has 1 aliphatic rings. The molecule has 0 saturated carbocycles. The highest BCUT2D eigenvalue weighted by Crippen LogP contribution is 2.29. The van der Waals surface area contributed by atoms with E-state index in [4.69, 9.17) is 0 Å². The van der Waals surface area contributed by atoms with Crippen LogP contribution in [0.2, 0.25) is 0 Å². The van der Waals surface area contributed by atoms with Crippen molar-refractivity contribution in [2.45, 2.75) is 32.6 Å².